The highest BCUT2D eigenvalue weighted by Crippen LogP contribution is 2.20. The van der Waals surface area contributed by atoms with Crippen LogP contribution in [-0.2, 0) is 9.59 Å². The first-order valence-electron chi connectivity index (χ1n) is 6.03. The Bertz CT molecular complexity index is 313. The second-order valence-electron chi connectivity index (χ2n) is 5.38. The zero-order chi connectivity index (χ0) is 13.2. The van der Waals surface area contributed by atoms with Gasteiger partial charge >= 0.3 is 0 Å². The van der Waals surface area contributed by atoms with Crippen molar-refractivity contribution in [2.45, 2.75) is 45.8 Å². The van der Waals surface area contributed by atoms with Crippen molar-refractivity contribution in [3.8, 4) is 0 Å². The van der Waals surface area contributed by atoms with Gasteiger partial charge in [-0.05, 0) is 19.8 Å². The summed E-state index contributed by atoms with van der Waals surface area (Å²) in [6.45, 7) is 8.16. The Labute approximate surface area is 102 Å². The van der Waals surface area contributed by atoms with Crippen LogP contribution >= 0.6 is 0 Å². The Morgan fingerprint density at radius 2 is 2.12 bits per heavy atom. The summed E-state index contributed by atoms with van der Waals surface area (Å²) in [7, 11) is 0. The first-order chi connectivity index (χ1) is 7.76. The van der Waals surface area contributed by atoms with Crippen LogP contribution in [0, 0.1) is 5.92 Å². The lowest BCUT2D eigenvalue weighted by molar-refractivity contribution is -0.150. The third kappa shape index (κ3) is 2.97. The third-order valence-electron chi connectivity index (χ3n) is 3.31. The molecular formula is C12H22N2O3. The maximum absolute atomic E-state index is 12.1. The fraction of sp³-hybridized carbons (Fsp3) is 0.833. The third-order valence-corrected chi connectivity index (χ3v) is 3.31. The van der Waals surface area contributed by atoms with Crippen LogP contribution in [0.15, 0.2) is 0 Å². The number of rotatable bonds is 3. The molecule has 1 aliphatic heterocycles. The largest absolute Gasteiger partial charge is 0.392 e. The van der Waals surface area contributed by atoms with Crippen LogP contribution in [-0.4, -0.2) is 46.6 Å². The number of aliphatic hydroxyl groups excluding tert-OH is 1. The van der Waals surface area contributed by atoms with Gasteiger partial charge in [-0.2, -0.15) is 0 Å². The molecule has 5 heteroatoms. The van der Waals surface area contributed by atoms with Gasteiger partial charge in [0.05, 0.1) is 12.5 Å². The molecule has 1 saturated heterocycles. The van der Waals surface area contributed by atoms with E-state index < -0.39 is 11.6 Å². The Balaban J connectivity index is 2.71. The average Bonchev–Trinajstić information content (AvgIpc) is 2.21. The Morgan fingerprint density at radius 1 is 1.53 bits per heavy atom. The maximum atomic E-state index is 12.1. The van der Waals surface area contributed by atoms with E-state index in [1.54, 1.807) is 18.7 Å². The highest BCUT2D eigenvalue weighted by molar-refractivity contribution is 5.91. The van der Waals surface area contributed by atoms with Gasteiger partial charge in [-0.1, -0.05) is 13.8 Å². The molecule has 1 atom stereocenters. The minimum atomic E-state index is -0.827. The minimum Gasteiger partial charge on any atom is -0.392 e. The van der Waals surface area contributed by atoms with E-state index in [1.807, 2.05) is 13.8 Å². The molecule has 0 aromatic rings. The summed E-state index contributed by atoms with van der Waals surface area (Å²) in [6.07, 6.45) is -0.572. The lowest BCUT2D eigenvalue weighted by Crippen LogP contribution is -2.63. The van der Waals surface area contributed by atoms with Gasteiger partial charge in [0.2, 0.25) is 11.8 Å². The molecule has 2 amide bonds. The van der Waals surface area contributed by atoms with E-state index in [0.717, 1.165) is 0 Å². The molecule has 0 aromatic carbocycles. The molecule has 1 heterocycles. The molecule has 1 unspecified atom stereocenters. The fourth-order valence-corrected chi connectivity index (χ4v) is 1.86. The predicted molar refractivity (Wildman–Crippen MR) is 64.3 cm³/mol. The molecule has 17 heavy (non-hydrogen) atoms. The van der Waals surface area contributed by atoms with Gasteiger partial charge < -0.3 is 15.3 Å². The summed E-state index contributed by atoms with van der Waals surface area (Å²) < 4.78 is 0. The second-order valence-corrected chi connectivity index (χ2v) is 5.38. The van der Waals surface area contributed by atoms with E-state index in [4.69, 9.17) is 0 Å². The van der Waals surface area contributed by atoms with Gasteiger partial charge in [0, 0.05) is 13.1 Å². The number of hydrogen-bond donors (Lipinski definition) is 2. The number of aliphatic hydroxyl groups is 1. The Morgan fingerprint density at radius 3 is 2.65 bits per heavy atom. The second kappa shape index (κ2) is 5.04. The highest BCUT2D eigenvalue weighted by atomic mass is 16.3. The minimum absolute atomic E-state index is 0.0423. The molecule has 0 bridgehead atoms. The van der Waals surface area contributed by atoms with Crippen LogP contribution in [0.3, 0.4) is 0 Å². The van der Waals surface area contributed by atoms with Crippen molar-refractivity contribution >= 4 is 11.8 Å². The number of amides is 2. The monoisotopic (exact) mass is 242 g/mol. The standard InChI is InChI=1S/C12H22N2O3/c1-8(2)9(15)7-10(16)14-6-5-13-11(17)12(14,3)4/h8-9,15H,5-7H2,1-4H3,(H,13,17). The molecule has 0 aromatic heterocycles. The van der Waals surface area contributed by atoms with Gasteiger partial charge in [0.25, 0.3) is 0 Å². The molecule has 0 saturated carbocycles. The molecule has 1 rings (SSSR count). The van der Waals surface area contributed by atoms with Crippen molar-refractivity contribution in [3.63, 3.8) is 0 Å². The van der Waals surface area contributed by atoms with E-state index in [9.17, 15) is 14.7 Å². The number of nitrogens with zero attached hydrogens (tertiary/aromatic N) is 1. The predicted octanol–water partition coefficient (Wildman–Crippen LogP) is 0.130. The quantitative estimate of drug-likeness (QED) is 0.739. The smallest absolute Gasteiger partial charge is 0.245 e. The van der Waals surface area contributed by atoms with E-state index in [2.05, 4.69) is 5.32 Å². The molecule has 0 spiro atoms. The number of carbonyl (C=O) groups is 2. The van der Waals surface area contributed by atoms with E-state index in [-0.39, 0.29) is 24.2 Å². The van der Waals surface area contributed by atoms with Crippen molar-refractivity contribution in [3.05, 3.63) is 0 Å². The molecule has 5 nitrogen and oxygen atoms in total. The normalized spacial score (nSPS) is 21.3. The van der Waals surface area contributed by atoms with Crippen LogP contribution in [0.25, 0.3) is 0 Å². The lowest BCUT2D eigenvalue weighted by atomic mass is 9.96. The van der Waals surface area contributed by atoms with Crippen molar-refractivity contribution in [1.29, 1.82) is 0 Å². The van der Waals surface area contributed by atoms with Crippen molar-refractivity contribution in [1.82, 2.24) is 10.2 Å². The summed E-state index contributed by atoms with van der Waals surface area (Å²) in [5, 5.41) is 12.5. The van der Waals surface area contributed by atoms with Gasteiger partial charge in [-0.15, -0.1) is 0 Å². The molecular weight excluding hydrogens is 220 g/mol. The summed E-state index contributed by atoms with van der Waals surface area (Å²) in [6, 6.07) is 0. The maximum Gasteiger partial charge on any atom is 0.245 e. The first kappa shape index (κ1) is 14.0. The summed E-state index contributed by atoms with van der Waals surface area (Å²) >= 11 is 0. The van der Waals surface area contributed by atoms with Crippen LogP contribution in [0.2, 0.25) is 0 Å². The SMILES string of the molecule is CC(C)C(O)CC(=O)N1CCNC(=O)C1(C)C. The molecule has 0 radical (unpaired) electrons. The number of nitrogens with one attached hydrogen (secondary N) is 1. The Hall–Kier alpha value is -1.10. The molecule has 1 aliphatic rings. The van der Waals surface area contributed by atoms with Crippen LogP contribution in [0.5, 0.6) is 0 Å². The molecule has 0 aliphatic carbocycles. The number of carbonyl (C=O) groups excluding carboxylic acids is 2. The van der Waals surface area contributed by atoms with Crippen LogP contribution in [0.1, 0.15) is 34.1 Å². The van der Waals surface area contributed by atoms with Crippen LogP contribution < -0.4 is 5.32 Å². The zero-order valence-corrected chi connectivity index (χ0v) is 11.0. The fourth-order valence-electron chi connectivity index (χ4n) is 1.86. The van der Waals surface area contributed by atoms with Crippen molar-refractivity contribution in [2.75, 3.05) is 13.1 Å². The van der Waals surface area contributed by atoms with Crippen LogP contribution in [0.4, 0.5) is 0 Å². The number of hydrogen-bond acceptors (Lipinski definition) is 3. The zero-order valence-electron chi connectivity index (χ0n) is 11.0. The summed E-state index contributed by atoms with van der Waals surface area (Å²) in [5.74, 6) is -0.261. The molecule has 2 N–H and O–H groups in total. The molecule has 1 fully saturated rings. The summed E-state index contributed by atoms with van der Waals surface area (Å²) in [5.41, 5.74) is -0.827. The van der Waals surface area contributed by atoms with Gasteiger partial charge in [0.1, 0.15) is 5.54 Å². The first-order valence-corrected chi connectivity index (χ1v) is 6.03. The van der Waals surface area contributed by atoms with E-state index >= 15 is 0 Å². The lowest BCUT2D eigenvalue weighted by Gasteiger charge is -2.41. The highest BCUT2D eigenvalue weighted by Gasteiger charge is 2.40. The van der Waals surface area contributed by atoms with Gasteiger partial charge in [0.15, 0.2) is 0 Å². The topological polar surface area (TPSA) is 69.6 Å². The van der Waals surface area contributed by atoms with Crippen molar-refractivity contribution in [2.24, 2.45) is 5.92 Å². The molecule has 98 valence electrons. The van der Waals surface area contributed by atoms with Gasteiger partial charge in [-0.3, -0.25) is 9.59 Å². The average molecular weight is 242 g/mol. The number of piperazine rings is 1. The van der Waals surface area contributed by atoms with Crippen molar-refractivity contribution < 1.29 is 14.7 Å². The van der Waals surface area contributed by atoms with E-state index in [1.165, 1.54) is 0 Å². The summed E-state index contributed by atoms with van der Waals surface area (Å²) in [4.78, 5) is 25.3. The van der Waals surface area contributed by atoms with Gasteiger partial charge in [-0.25, -0.2) is 0 Å². The van der Waals surface area contributed by atoms with E-state index in [0.29, 0.717) is 13.1 Å². The Kier molecular flexibility index (Phi) is 4.14.